The van der Waals surface area contributed by atoms with Crippen LogP contribution in [0.15, 0.2) is 12.4 Å². The summed E-state index contributed by atoms with van der Waals surface area (Å²) in [6.45, 7) is 3.10. The number of rotatable bonds is 3. The number of aryl methyl sites for hydroxylation is 1. The maximum Gasteiger partial charge on any atom is 0.0646 e. The maximum atomic E-state index is 4.18. The summed E-state index contributed by atoms with van der Waals surface area (Å²) in [5.74, 6) is 6.88. The minimum Gasteiger partial charge on any atom is -0.271 e. The van der Waals surface area contributed by atoms with Crippen molar-refractivity contribution in [1.29, 1.82) is 0 Å². The second-order valence-electron chi connectivity index (χ2n) is 2.77. The molecule has 1 aromatic rings. The minimum absolute atomic E-state index is 0.816. The average molecular weight is 194 g/mol. The summed E-state index contributed by atoms with van der Waals surface area (Å²) in [7, 11) is 0. The molecule has 0 unspecified atom stereocenters. The molecule has 0 atom stereocenters. The normalized spacial score (nSPS) is 9.38. The molecule has 0 N–H and O–H groups in total. The molecule has 0 fully saturated rings. The predicted molar refractivity (Wildman–Crippen MR) is 57.9 cm³/mol. The van der Waals surface area contributed by atoms with E-state index in [1.54, 1.807) is 6.20 Å². The van der Waals surface area contributed by atoms with Crippen LogP contribution in [0.4, 0.5) is 0 Å². The lowest BCUT2D eigenvalue weighted by atomic mass is 10.3. The summed E-state index contributed by atoms with van der Waals surface area (Å²) in [5.41, 5.74) is 0.996. The molecule has 13 heavy (non-hydrogen) atoms. The highest BCUT2D eigenvalue weighted by Gasteiger charge is 1.92. The molecule has 1 heterocycles. The zero-order valence-electron chi connectivity index (χ0n) is 7.82. The molecule has 1 rings (SSSR count). The highest BCUT2D eigenvalue weighted by Crippen LogP contribution is 1.96. The van der Waals surface area contributed by atoms with Crippen molar-refractivity contribution >= 4 is 12.6 Å². The minimum atomic E-state index is 0.816. The van der Waals surface area contributed by atoms with E-state index < -0.39 is 0 Å². The first kappa shape index (κ1) is 10.2. The summed E-state index contributed by atoms with van der Waals surface area (Å²) in [5, 5.41) is 4.18. The largest absolute Gasteiger partial charge is 0.271 e. The van der Waals surface area contributed by atoms with E-state index in [1.165, 1.54) is 0 Å². The predicted octanol–water partition coefficient (Wildman–Crippen LogP) is 1.96. The number of thiol groups is 1. The molecule has 0 saturated carbocycles. The van der Waals surface area contributed by atoms with Crippen molar-refractivity contribution in [3.63, 3.8) is 0 Å². The van der Waals surface area contributed by atoms with Gasteiger partial charge in [0.15, 0.2) is 0 Å². The van der Waals surface area contributed by atoms with Gasteiger partial charge in [0.1, 0.15) is 0 Å². The van der Waals surface area contributed by atoms with Gasteiger partial charge < -0.3 is 0 Å². The van der Waals surface area contributed by atoms with Gasteiger partial charge in [-0.15, -0.1) is 0 Å². The van der Waals surface area contributed by atoms with E-state index in [0.29, 0.717) is 0 Å². The van der Waals surface area contributed by atoms with Crippen LogP contribution in [0.25, 0.3) is 0 Å². The Morgan fingerprint density at radius 3 is 3.15 bits per heavy atom. The van der Waals surface area contributed by atoms with E-state index in [2.05, 4.69) is 36.5 Å². The molecule has 3 heteroatoms. The first-order chi connectivity index (χ1) is 6.36. The van der Waals surface area contributed by atoms with E-state index in [0.717, 1.165) is 30.7 Å². The summed E-state index contributed by atoms with van der Waals surface area (Å²) in [4.78, 5) is 0. The lowest BCUT2D eigenvalue weighted by Gasteiger charge is -1.93. The Morgan fingerprint density at radius 2 is 2.46 bits per heavy atom. The van der Waals surface area contributed by atoms with Crippen molar-refractivity contribution in [2.24, 2.45) is 0 Å². The molecule has 0 aliphatic carbocycles. The molecular weight excluding hydrogens is 180 g/mol. The lowest BCUT2D eigenvalue weighted by Crippen LogP contribution is -1.95. The maximum absolute atomic E-state index is 4.18. The quantitative estimate of drug-likeness (QED) is 0.575. The van der Waals surface area contributed by atoms with E-state index in [4.69, 9.17) is 0 Å². The van der Waals surface area contributed by atoms with Gasteiger partial charge in [0, 0.05) is 24.9 Å². The molecule has 70 valence electrons. The Labute approximate surface area is 84.7 Å². The van der Waals surface area contributed by atoms with Gasteiger partial charge in [0.2, 0.25) is 0 Å². The van der Waals surface area contributed by atoms with Gasteiger partial charge in [0.05, 0.1) is 11.8 Å². The van der Waals surface area contributed by atoms with Crippen molar-refractivity contribution in [2.45, 2.75) is 26.3 Å². The first-order valence-corrected chi connectivity index (χ1v) is 5.12. The van der Waals surface area contributed by atoms with Crippen molar-refractivity contribution in [2.75, 3.05) is 5.75 Å². The first-order valence-electron chi connectivity index (χ1n) is 4.49. The van der Waals surface area contributed by atoms with Gasteiger partial charge in [-0.1, -0.05) is 18.8 Å². The Bertz CT molecular complexity index is 306. The fourth-order valence-electron chi connectivity index (χ4n) is 1.000. The van der Waals surface area contributed by atoms with E-state index in [9.17, 15) is 0 Å². The van der Waals surface area contributed by atoms with Gasteiger partial charge in [-0.2, -0.15) is 17.7 Å². The van der Waals surface area contributed by atoms with Crippen LogP contribution >= 0.6 is 12.6 Å². The third-order valence-electron chi connectivity index (χ3n) is 1.56. The van der Waals surface area contributed by atoms with E-state index >= 15 is 0 Å². The molecule has 2 nitrogen and oxygen atoms in total. The van der Waals surface area contributed by atoms with Gasteiger partial charge >= 0.3 is 0 Å². The van der Waals surface area contributed by atoms with Gasteiger partial charge in [-0.25, -0.2) is 0 Å². The topological polar surface area (TPSA) is 17.8 Å². The van der Waals surface area contributed by atoms with Crippen LogP contribution < -0.4 is 0 Å². The van der Waals surface area contributed by atoms with Crippen LogP contribution in [0, 0.1) is 11.8 Å². The third kappa shape index (κ3) is 3.56. The number of aromatic nitrogens is 2. The average Bonchev–Trinajstić information content (AvgIpc) is 2.54. The molecule has 0 radical (unpaired) electrons. The van der Waals surface area contributed by atoms with Crippen molar-refractivity contribution < 1.29 is 0 Å². The Balaban J connectivity index is 2.54. The number of nitrogens with zero attached hydrogens (tertiary/aromatic N) is 2. The fraction of sp³-hybridized carbons (Fsp3) is 0.500. The molecule has 0 bridgehead atoms. The van der Waals surface area contributed by atoms with Gasteiger partial charge in [0.25, 0.3) is 0 Å². The molecule has 0 aromatic carbocycles. The van der Waals surface area contributed by atoms with Gasteiger partial charge in [-0.3, -0.25) is 4.68 Å². The standard InChI is InChI=1S/C10H14N2S/c1-2-6-12-9-10(8-11-12)5-3-4-7-13/h8-9,13H,2,4,6-7H2,1H3. The second-order valence-corrected chi connectivity index (χ2v) is 3.21. The number of hydrogen-bond donors (Lipinski definition) is 1. The van der Waals surface area contributed by atoms with E-state index in [1.807, 2.05) is 10.9 Å². The molecular formula is C10H14N2S. The zero-order valence-corrected chi connectivity index (χ0v) is 8.72. The van der Waals surface area contributed by atoms with E-state index in [-0.39, 0.29) is 0 Å². The summed E-state index contributed by atoms with van der Waals surface area (Å²) in [6.07, 6.45) is 5.73. The molecule has 0 amide bonds. The molecule has 0 spiro atoms. The lowest BCUT2D eigenvalue weighted by molar-refractivity contribution is 0.602. The fourth-order valence-corrected chi connectivity index (χ4v) is 1.11. The Hall–Kier alpha value is -0.880. The van der Waals surface area contributed by atoms with Gasteiger partial charge in [-0.05, 0) is 6.42 Å². The Kier molecular flexibility index (Phi) is 4.48. The van der Waals surface area contributed by atoms with Crippen molar-refractivity contribution in [3.05, 3.63) is 18.0 Å². The van der Waals surface area contributed by atoms with Crippen molar-refractivity contribution in [1.82, 2.24) is 9.78 Å². The summed E-state index contributed by atoms with van der Waals surface area (Å²) < 4.78 is 1.92. The molecule has 1 aromatic heterocycles. The van der Waals surface area contributed by atoms with Crippen LogP contribution in [0.1, 0.15) is 25.3 Å². The molecule has 0 saturated heterocycles. The van der Waals surface area contributed by atoms with Crippen molar-refractivity contribution in [3.8, 4) is 11.8 Å². The van der Waals surface area contributed by atoms with Crippen LogP contribution in [0.3, 0.4) is 0 Å². The van der Waals surface area contributed by atoms with Crippen LogP contribution in [0.2, 0.25) is 0 Å². The highest BCUT2D eigenvalue weighted by molar-refractivity contribution is 7.80. The van der Waals surface area contributed by atoms with Crippen LogP contribution in [-0.2, 0) is 6.54 Å². The summed E-state index contributed by atoms with van der Waals surface area (Å²) >= 11 is 4.08. The SMILES string of the molecule is CCCn1cc(C#CCCS)cn1. The third-order valence-corrected chi connectivity index (χ3v) is 1.78. The highest BCUT2D eigenvalue weighted by atomic mass is 32.1. The Morgan fingerprint density at radius 1 is 1.62 bits per heavy atom. The zero-order chi connectivity index (χ0) is 9.52. The second kappa shape index (κ2) is 5.71. The number of hydrogen-bond acceptors (Lipinski definition) is 2. The monoisotopic (exact) mass is 194 g/mol. The van der Waals surface area contributed by atoms with Crippen LogP contribution in [0.5, 0.6) is 0 Å². The molecule has 0 aliphatic heterocycles. The van der Waals surface area contributed by atoms with Crippen LogP contribution in [-0.4, -0.2) is 15.5 Å². The molecule has 0 aliphatic rings. The smallest absolute Gasteiger partial charge is 0.0646 e. The summed E-state index contributed by atoms with van der Waals surface area (Å²) in [6, 6.07) is 0.